The van der Waals surface area contributed by atoms with Crippen LogP contribution in [0, 0.1) is 0 Å². The van der Waals surface area contributed by atoms with Crippen LogP contribution in [0.2, 0.25) is 0 Å². The van der Waals surface area contributed by atoms with Crippen molar-refractivity contribution in [2.24, 2.45) is 4.99 Å². The molecule has 34 heavy (non-hydrogen) atoms. The number of fused-ring (bicyclic) bond motifs is 1. The van der Waals surface area contributed by atoms with Gasteiger partial charge in [0.1, 0.15) is 24.2 Å². The molecular weight excluding hydrogens is 438 g/mol. The summed E-state index contributed by atoms with van der Waals surface area (Å²) in [7, 11) is 3.17. The van der Waals surface area contributed by atoms with Gasteiger partial charge < -0.3 is 29.7 Å². The quantitative estimate of drug-likeness (QED) is 0.541. The number of benzene rings is 2. The number of carbonyl (C=O) groups excluding carboxylic acids is 2. The van der Waals surface area contributed by atoms with E-state index in [4.69, 9.17) is 9.47 Å². The number of urea groups is 1. The molecule has 0 aromatic heterocycles. The Morgan fingerprint density at radius 2 is 1.79 bits per heavy atom. The van der Waals surface area contributed by atoms with E-state index in [0.717, 1.165) is 12.1 Å². The predicted molar refractivity (Wildman–Crippen MR) is 127 cm³/mol. The number of hydrogen-bond donors (Lipinski definition) is 3. The van der Waals surface area contributed by atoms with Crippen molar-refractivity contribution in [3.63, 3.8) is 0 Å². The maximum absolute atomic E-state index is 12.7. The van der Waals surface area contributed by atoms with Crippen LogP contribution in [-0.4, -0.2) is 78.4 Å². The molecule has 2 aromatic rings. The minimum Gasteiger partial charge on any atom is -0.497 e. The summed E-state index contributed by atoms with van der Waals surface area (Å²) in [6.07, 6.45) is -0.704. The Hall–Kier alpha value is -3.79. The van der Waals surface area contributed by atoms with E-state index in [1.165, 1.54) is 10.5 Å². The van der Waals surface area contributed by atoms with Crippen molar-refractivity contribution in [3.05, 3.63) is 54.1 Å². The molecule has 10 heteroatoms. The molecule has 3 unspecified atom stereocenters. The van der Waals surface area contributed by atoms with Gasteiger partial charge in [0.05, 0.1) is 13.7 Å². The highest BCUT2D eigenvalue weighted by atomic mass is 16.5. The van der Waals surface area contributed by atoms with Crippen molar-refractivity contribution in [1.29, 1.82) is 0 Å². The summed E-state index contributed by atoms with van der Waals surface area (Å²) >= 11 is 0. The van der Waals surface area contributed by atoms with Crippen molar-refractivity contribution >= 4 is 23.6 Å². The van der Waals surface area contributed by atoms with Gasteiger partial charge in [0.15, 0.2) is 12.2 Å². The normalized spacial score (nSPS) is 20.4. The van der Waals surface area contributed by atoms with Gasteiger partial charge in [0.25, 0.3) is 5.91 Å². The molecule has 3 N–H and O–H groups in total. The molecule has 4 rings (SSSR count). The molecule has 2 aliphatic rings. The average Bonchev–Trinajstić information content (AvgIpc) is 3.20. The number of rotatable bonds is 8. The molecule has 2 heterocycles. The number of nitrogens with one attached hydrogen (secondary N) is 2. The van der Waals surface area contributed by atoms with E-state index < -0.39 is 30.2 Å². The predicted octanol–water partition coefficient (Wildman–Crippen LogP) is 1.66. The van der Waals surface area contributed by atoms with E-state index in [-0.39, 0.29) is 13.2 Å². The Labute approximate surface area is 198 Å². The van der Waals surface area contributed by atoms with E-state index in [1.54, 1.807) is 43.3 Å². The fourth-order valence-electron chi connectivity index (χ4n) is 3.93. The van der Waals surface area contributed by atoms with Crippen molar-refractivity contribution in [2.75, 3.05) is 32.6 Å². The number of hydrogen-bond acceptors (Lipinski definition) is 8. The lowest BCUT2D eigenvalue weighted by atomic mass is 10.1. The Morgan fingerprint density at radius 1 is 1.12 bits per heavy atom. The number of aliphatic hydroxyl groups is 1. The first kappa shape index (κ1) is 23.4. The Bertz CT molecular complexity index is 1060. The molecule has 1 fully saturated rings. The van der Waals surface area contributed by atoms with Crippen LogP contribution in [-0.2, 0) is 11.2 Å². The Balaban J connectivity index is 1.49. The Morgan fingerprint density at radius 3 is 2.44 bits per heavy atom. The van der Waals surface area contributed by atoms with E-state index in [2.05, 4.69) is 22.5 Å². The van der Waals surface area contributed by atoms with Crippen LogP contribution < -0.4 is 20.1 Å². The number of aliphatic imine (C=N–C) groups is 1. The van der Waals surface area contributed by atoms with Crippen LogP contribution >= 0.6 is 0 Å². The van der Waals surface area contributed by atoms with Gasteiger partial charge in [-0.25, -0.2) is 9.79 Å². The van der Waals surface area contributed by atoms with Crippen LogP contribution in [0.5, 0.6) is 11.5 Å². The van der Waals surface area contributed by atoms with Crippen molar-refractivity contribution in [3.8, 4) is 11.5 Å². The highest BCUT2D eigenvalue weighted by Crippen LogP contribution is 2.26. The number of β-amino-alcohol motifs (C(OH)–C–C–N with tert-alkyl or cyclic N) is 1. The van der Waals surface area contributed by atoms with Crippen LogP contribution in [0.3, 0.4) is 0 Å². The van der Waals surface area contributed by atoms with Gasteiger partial charge in [-0.15, -0.1) is 0 Å². The number of aryl methyl sites for hydroxylation is 1. The molecule has 1 saturated heterocycles. The number of aliphatic hydroxyl groups excluding tert-OH is 1. The van der Waals surface area contributed by atoms with Gasteiger partial charge in [-0.2, -0.15) is 0 Å². The lowest BCUT2D eigenvalue weighted by molar-refractivity contribution is -0.127. The van der Waals surface area contributed by atoms with Crippen LogP contribution in [0.15, 0.2) is 53.5 Å². The van der Waals surface area contributed by atoms with Gasteiger partial charge in [-0.3, -0.25) is 10.1 Å². The van der Waals surface area contributed by atoms with Gasteiger partial charge >= 0.3 is 6.03 Å². The van der Waals surface area contributed by atoms with Gasteiger partial charge in [0, 0.05) is 12.7 Å². The van der Waals surface area contributed by atoms with E-state index in [1.807, 2.05) is 24.3 Å². The number of amides is 3. The van der Waals surface area contributed by atoms with E-state index in [0.29, 0.717) is 17.5 Å². The number of ether oxygens (including phenoxy) is 2. The van der Waals surface area contributed by atoms with Crippen molar-refractivity contribution < 1.29 is 24.2 Å². The van der Waals surface area contributed by atoms with Gasteiger partial charge in [-0.1, -0.05) is 19.1 Å². The monoisotopic (exact) mass is 467 g/mol. The largest absolute Gasteiger partial charge is 0.497 e. The average molecular weight is 468 g/mol. The molecule has 2 aromatic carbocycles. The van der Waals surface area contributed by atoms with Crippen LogP contribution in [0.25, 0.3) is 0 Å². The first-order valence-electron chi connectivity index (χ1n) is 11.1. The zero-order valence-corrected chi connectivity index (χ0v) is 19.4. The second kappa shape index (κ2) is 10.0. The summed E-state index contributed by atoms with van der Waals surface area (Å²) in [4.78, 5) is 32.5. The smallest absolute Gasteiger partial charge is 0.325 e. The molecule has 0 spiro atoms. The second-order valence-electron chi connectivity index (χ2n) is 8.18. The second-order valence-corrected chi connectivity index (χ2v) is 8.18. The molecular formula is C24H29N5O5. The number of imide groups is 1. The third-order valence-corrected chi connectivity index (χ3v) is 5.89. The summed E-state index contributed by atoms with van der Waals surface area (Å²) in [5.41, 5.74) is 1.98. The standard InChI is InChI=1S/C24H29N5O5/c1-4-15-5-7-16(8-6-15)25-23-26-21-20(22(31)27-24(32)28(21)2)29(23)13-17(30)14-34-19-11-9-18(33-3)10-12-19/h5-12,17,20-21,30H,4,13-14H2,1-3H3,(H,25,26)(H,27,31,32). The molecule has 3 amide bonds. The van der Waals surface area contributed by atoms with E-state index >= 15 is 0 Å². The van der Waals surface area contributed by atoms with Crippen LogP contribution in [0.4, 0.5) is 10.5 Å². The highest BCUT2D eigenvalue weighted by molar-refractivity contribution is 6.06. The molecule has 0 saturated carbocycles. The minimum atomic E-state index is -0.925. The molecule has 0 aliphatic carbocycles. The number of nitrogens with zero attached hydrogens (tertiary/aromatic N) is 3. The fraction of sp³-hybridized carbons (Fsp3) is 0.375. The summed E-state index contributed by atoms with van der Waals surface area (Å²) in [6.45, 7) is 2.16. The van der Waals surface area contributed by atoms with Crippen molar-refractivity contribution in [1.82, 2.24) is 15.1 Å². The molecule has 2 aliphatic heterocycles. The molecule has 10 nitrogen and oxygen atoms in total. The first-order chi connectivity index (χ1) is 16.4. The zero-order chi connectivity index (χ0) is 24.2. The van der Waals surface area contributed by atoms with Crippen molar-refractivity contribution in [2.45, 2.75) is 31.7 Å². The summed E-state index contributed by atoms with van der Waals surface area (Å²) in [5, 5.41) is 16.3. The molecule has 0 radical (unpaired) electrons. The maximum Gasteiger partial charge on any atom is 0.325 e. The fourth-order valence-corrected chi connectivity index (χ4v) is 3.93. The van der Waals surface area contributed by atoms with Crippen LogP contribution in [0.1, 0.15) is 12.5 Å². The first-order valence-corrected chi connectivity index (χ1v) is 11.1. The lowest BCUT2D eigenvalue weighted by Gasteiger charge is -2.36. The lowest BCUT2D eigenvalue weighted by Crippen LogP contribution is -2.64. The SMILES string of the molecule is CCc1ccc(NC2=NC3C(C(=O)NC(=O)N3C)N2CC(O)COc2ccc(OC)cc2)cc1. The Kier molecular flexibility index (Phi) is 6.87. The summed E-state index contributed by atoms with van der Waals surface area (Å²) in [6, 6.07) is 13.6. The van der Waals surface area contributed by atoms with E-state index in [9.17, 15) is 14.7 Å². The molecule has 3 atom stereocenters. The number of likely N-dealkylation sites (N-methyl/N-ethyl adjacent to an activating group) is 1. The molecule has 0 bridgehead atoms. The summed E-state index contributed by atoms with van der Waals surface area (Å²) in [5.74, 6) is 1.23. The minimum absolute atomic E-state index is 0.00901. The third kappa shape index (κ3) is 4.91. The highest BCUT2D eigenvalue weighted by Gasteiger charge is 2.49. The number of anilines is 1. The number of carbonyl (C=O) groups is 2. The summed E-state index contributed by atoms with van der Waals surface area (Å²) < 4.78 is 10.8. The maximum atomic E-state index is 12.7. The zero-order valence-electron chi connectivity index (χ0n) is 19.4. The number of guanidine groups is 1. The third-order valence-electron chi connectivity index (χ3n) is 5.89. The molecule has 180 valence electrons. The van der Waals surface area contributed by atoms with Gasteiger partial charge in [0.2, 0.25) is 5.96 Å². The van der Waals surface area contributed by atoms with Gasteiger partial charge in [-0.05, 0) is 48.4 Å². The topological polar surface area (TPSA) is 116 Å². The number of methoxy groups -OCH3 is 1.